The van der Waals surface area contributed by atoms with E-state index in [1.54, 1.807) is 12.4 Å². The number of carbonyl (C=O) groups excluding carboxylic acids is 1. The van der Waals surface area contributed by atoms with Crippen molar-refractivity contribution in [2.24, 2.45) is 0 Å². The van der Waals surface area contributed by atoms with Crippen molar-refractivity contribution in [3.63, 3.8) is 0 Å². The molecule has 1 saturated heterocycles. The molecule has 1 aromatic heterocycles. The fraction of sp³-hybridized carbons (Fsp3) is 0.450. The Kier molecular flexibility index (Phi) is 6.73. The van der Waals surface area contributed by atoms with Gasteiger partial charge in [-0.3, -0.25) is 9.69 Å². The smallest absolute Gasteiger partial charge is 0.254 e. The van der Waals surface area contributed by atoms with Crippen molar-refractivity contribution in [2.45, 2.75) is 13.8 Å². The second kappa shape index (κ2) is 9.43. The van der Waals surface area contributed by atoms with E-state index in [0.717, 1.165) is 45.1 Å². The van der Waals surface area contributed by atoms with Gasteiger partial charge in [-0.1, -0.05) is 12.1 Å². The summed E-state index contributed by atoms with van der Waals surface area (Å²) in [5, 5.41) is 2.93. The molecule has 1 aromatic carbocycles. The predicted molar refractivity (Wildman–Crippen MR) is 105 cm³/mol. The van der Waals surface area contributed by atoms with Gasteiger partial charge in [0.25, 0.3) is 5.91 Å². The fourth-order valence-corrected chi connectivity index (χ4v) is 3.07. The van der Waals surface area contributed by atoms with Crippen LogP contribution in [0.15, 0.2) is 36.7 Å². The Morgan fingerprint density at radius 2 is 2.00 bits per heavy atom. The third-order valence-electron chi connectivity index (χ3n) is 4.59. The van der Waals surface area contributed by atoms with E-state index in [1.165, 1.54) is 5.56 Å². The van der Waals surface area contributed by atoms with Crippen LogP contribution >= 0.6 is 0 Å². The molecule has 1 fully saturated rings. The summed E-state index contributed by atoms with van der Waals surface area (Å²) in [5.74, 6) is 0.446. The standard InChI is InChI=1S/C20H27N5O2/c1-3-25(18-6-4-5-16(2)13-18)20-22-14-17(15-23-20)19(26)21-7-8-24-9-11-27-12-10-24/h4-6,13-15H,3,7-12H2,1-2H3,(H,21,26). The molecule has 0 radical (unpaired) electrons. The molecule has 1 aliphatic heterocycles. The highest BCUT2D eigenvalue weighted by molar-refractivity contribution is 5.93. The number of morpholine rings is 1. The zero-order valence-corrected chi connectivity index (χ0v) is 16.0. The van der Waals surface area contributed by atoms with Gasteiger partial charge in [-0.05, 0) is 31.5 Å². The number of carbonyl (C=O) groups is 1. The summed E-state index contributed by atoms with van der Waals surface area (Å²) in [6, 6.07) is 8.21. The lowest BCUT2D eigenvalue weighted by molar-refractivity contribution is 0.0383. The summed E-state index contributed by atoms with van der Waals surface area (Å²) in [4.78, 5) is 25.4. The molecule has 0 unspecified atom stereocenters. The molecule has 0 aliphatic carbocycles. The van der Waals surface area contributed by atoms with Gasteiger partial charge < -0.3 is 15.0 Å². The van der Waals surface area contributed by atoms with Crippen LogP contribution in [0.5, 0.6) is 0 Å². The van der Waals surface area contributed by atoms with Crippen LogP contribution in [0.2, 0.25) is 0 Å². The predicted octanol–water partition coefficient (Wildman–Crippen LogP) is 2.01. The first-order valence-electron chi connectivity index (χ1n) is 9.42. The molecule has 27 heavy (non-hydrogen) atoms. The molecule has 1 amide bonds. The van der Waals surface area contributed by atoms with Gasteiger partial charge in [0.05, 0.1) is 18.8 Å². The van der Waals surface area contributed by atoms with Crippen LogP contribution in [0.25, 0.3) is 0 Å². The van der Waals surface area contributed by atoms with Gasteiger partial charge in [-0.25, -0.2) is 9.97 Å². The lowest BCUT2D eigenvalue weighted by atomic mass is 10.2. The molecular weight excluding hydrogens is 342 g/mol. The Bertz CT molecular complexity index is 744. The third-order valence-corrected chi connectivity index (χ3v) is 4.59. The minimum absolute atomic E-state index is 0.145. The Morgan fingerprint density at radius 1 is 1.26 bits per heavy atom. The molecule has 7 heteroatoms. The highest BCUT2D eigenvalue weighted by Crippen LogP contribution is 2.22. The maximum absolute atomic E-state index is 12.3. The summed E-state index contributed by atoms with van der Waals surface area (Å²) in [6.07, 6.45) is 3.18. The van der Waals surface area contributed by atoms with E-state index in [2.05, 4.69) is 46.2 Å². The van der Waals surface area contributed by atoms with E-state index in [4.69, 9.17) is 4.74 Å². The maximum Gasteiger partial charge on any atom is 0.254 e. The largest absolute Gasteiger partial charge is 0.379 e. The van der Waals surface area contributed by atoms with Crippen molar-refractivity contribution in [3.8, 4) is 0 Å². The van der Waals surface area contributed by atoms with E-state index in [-0.39, 0.29) is 5.91 Å². The number of nitrogens with one attached hydrogen (secondary N) is 1. The van der Waals surface area contributed by atoms with Crippen LogP contribution in [0.3, 0.4) is 0 Å². The van der Waals surface area contributed by atoms with Gasteiger partial charge >= 0.3 is 0 Å². The van der Waals surface area contributed by atoms with Gasteiger partial charge in [-0.15, -0.1) is 0 Å². The van der Waals surface area contributed by atoms with Crippen LogP contribution in [0, 0.1) is 6.92 Å². The quantitative estimate of drug-likeness (QED) is 0.805. The van der Waals surface area contributed by atoms with Gasteiger partial charge in [0.1, 0.15) is 0 Å². The second-order valence-corrected chi connectivity index (χ2v) is 6.56. The Morgan fingerprint density at radius 3 is 2.67 bits per heavy atom. The Balaban J connectivity index is 1.57. The molecule has 1 N–H and O–H groups in total. The highest BCUT2D eigenvalue weighted by Gasteiger charge is 2.14. The van der Waals surface area contributed by atoms with Crippen LogP contribution in [0.4, 0.5) is 11.6 Å². The summed E-state index contributed by atoms with van der Waals surface area (Å²) in [7, 11) is 0. The first kappa shape index (κ1) is 19.3. The normalized spacial score (nSPS) is 14.7. The van der Waals surface area contributed by atoms with Crippen molar-refractivity contribution < 1.29 is 9.53 Å². The van der Waals surface area contributed by atoms with Crippen molar-refractivity contribution in [1.29, 1.82) is 0 Å². The molecule has 3 rings (SSSR count). The van der Waals surface area contributed by atoms with E-state index < -0.39 is 0 Å². The van der Waals surface area contributed by atoms with Crippen LogP contribution < -0.4 is 10.2 Å². The first-order chi connectivity index (χ1) is 13.2. The average Bonchev–Trinajstić information content (AvgIpc) is 2.70. The van der Waals surface area contributed by atoms with E-state index in [0.29, 0.717) is 18.1 Å². The molecule has 0 bridgehead atoms. The zero-order chi connectivity index (χ0) is 19.1. The number of hydrogen-bond donors (Lipinski definition) is 1. The first-order valence-corrected chi connectivity index (χ1v) is 9.42. The van der Waals surface area contributed by atoms with Crippen LogP contribution in [0.1, 0.15) is 22.8 Å². The number of rotatable bonds is 7. The molecule has 144 valence electrons. The number of hydrogen-bond acceptors (Lipinski definition) is 6. The highest BCUT2D eigenvalue weighted by atomic mass is 16.5. The number of anilines is 2. The average molecular weight is 369 g/mol. The maximum atomic E-state index is 12.3. The van der Waals surface area contributed by atoms with Gasteiger partial charge in [0, 0.05) is 50.8 Å². The molecule has 0 atom stereocenters. The SMILES string of the molecule is CCN(c1cccc(C)c1)c1ncc(C(=O)NCCN2CCOCC2)cn1. The number of ether oxygens (including phenoxy) is 1. The number of aromatic nitrogens is 2. The van der Waals surface area contributed by atoms with Gasteiger partial charge in [-0.2, -0.15) is 0 Å². The van der Waals surface area contributed by atoms with E-state index in [1.807, 2.05) is 17.0 Å². The second-order valence-electron chi connectivity index (χ2n) is 6.56. The van der Waals surface area contributed by atoms with Crippen molar-refractivity contribution in [2.75, 3.05) is 50.8 Å². The van der Waals surface area contributed by atoms with Crippen molar-refractivity contribution in [3.05, 3.63) is 47.8 Å². The molecular formula is C20H27N5O2. The Labute approximate surface area is 160 Å². The summed E-state index contributed by atoms with van der Waals surface area (Å²) >= 11 is 0. The van der Waals surface area contributed by atoms with Crippen LogP contribution in [-0.2, 0) is 4.74 Å². The van der Waals surface area contributed by atoms with Crippen molar-refractivity contribution in [1.82, 2.24) is 20.2 Å². The van der Waals surface area contributed by atoms with Crippen LogP contribution in [-0.4, -0.2) is 66.7 Å². The molecule has 0 saturated carbocycles. The minimum atomic E-state index is -0.145. The molecule has 7 nitrogen and oxygen atoms in total. The third kappa shape index (κ3) is 5.24. The summed E-state index contributed by atoms with van der Waals surface area (Å²) in [6.45, 7) is 9.64. The Hall–Kier alpha value is -2.51. The molecule has 2 aromatic rings. The molecule has 2 heterocycles. The van der Waals surface area contributed by atoms with E-state index >= 15 is 0 Å². The lowest BCUT2D eigenvalue weighted by Gasteiger charge is -2.26. The number of benzene rings is 1. The molecule has 0 spiro atoms. The fourth-order valence-electron chi connectivity index (χ4n) is 3.07. The zero-order valence-electron chi connectivity index (χ0n) is 16.0. The number of nitrogens with zero attached hydrogens (tertiary/aromatic N) is 4. The number of aryl methyl sites for hydroxylation is 1. The molecule has 1 aliphatic rings. The number of amides is 1. The minimum Gasteiger partial charge on any atom is -0.379 e. The summed E-state index contributed by atoms with van der Waals surface area (Å²) in [5.41, 5.74) is 2.70. The topological polar surface area (TPSA) is 70.6 Å². The van der Waals surface area contributed by atoms with Gasteiger partial charge in [0.15, 0.2) is 0 Å². The van der Waals surface area contributed by atoms with E-state index in [9.17, 15) is 4.79 Å². The monoisotopic (exact) mass is 369 g/mol. The van der Waals surface area contributed by atoms with Gasteiger partial charge in [0.2, 0.25) is 5.95 Å². The summed E-state index contributed by atoms with van der Waals surface area (Å²) < 4.78 is 5.33. The van der Waals surface area contributed by atoms with Crippen molar-refractivity contribution >= 4 is 17.5 Å². The lowest BCUT2D eigenvalue weighted by Crippen LogP contribution is -2.41.